The average molecular weight is 237 g/mol. The minimum absolute atomic E-state index is 0.794. The molecule has 0 amide bonds. The molecule has 0 radical (unpaired) electrons. The van der Waals surface area contributed by atoms with Crippen LogP contribution in [0.2, 0.25) is 5.02 Å². The SMILES string of the molecule is Clc1cccc2c1NCc1scnc1C2. The number of hydrogen-bond acceptors (Lipinski definition) is 3. The van der Waals surface area contributed by atoms with E-state index in [2.05, 4.69) is 16.4 Å². The number of fused-ring (bicyclic) bond motifs is 2. The lowest BCUT2D eigenvalue weighted by Gasteiger charge is -2.08. The lowest BCUT2D eigenvalue weighted by molar-refractivity contribution is 1.09. The summed E-state index contributed by atoms with van der Waals surface area (Å²) in [5, 5.41) is 4.17. The molecule has 4 heteroatoms. The third kappa shape index (κ3) is 1.52. The van der Waals surface area contributed by atoms with Crippen LogP contribution in [0.5, 0.6) is 0 Å². The van der Waals surface area contributed by atoms with Crippen molar-refractivity contribution < 1.29 is 0 Å². The van der Waals surface area contributed by atoms with E-state index in [-0.39, 0.29) is 0 Å². The van der Waals surface area contributed by atoms with Crippen molar-refractivity contribution in [3.05, 3.63) is 44.9 Å². The highest BCUT2D eigenvalue weighted by molar-refractivity contribution is 7.09. The third-order valence-electron chi connectivity index (χ3n) is 2.61. The summed E-state index contributed by atoms with van der Waals surface area (Å²) < 4.78 is 0. The van der Waals surface area contributed by atoms with Crippen LogP contribution < -0.4 is 5.32 Å². The van der Waals surface area contributed by atoms with Crippen LogP contribution in [0.4, 0.5) is 5.69 Å². The average Bonchev–Trinajstić information content (AvgIpc) is 2.58. The van der Waals surface area contributed by atoms with Crippen LogP contribution in [-0.4, -0.2) is 4.98 Å². The Balaban J connectivity index is 2.12. The van der Waals surface area contributed by atoms with Gasteiger partial charge in [-0.15, -0.1) is 11.3 Å². The fourth-order valence-corrected chi connectivity index (χ4v) is 2.83. The first kappa shape index (κ1) is 9.19. The van der Waals surface area contributed by atoms with Crippen molar-refractivity contribution >= 4 is 28.6 Å². The third-order valence-corrected chi connectivity index (χ3v) is 3.80. The molecule has 1 aromatic heterocycles. The molecule has 1 aromatic carbocycles. The molecule has 0 saturated heterocycles. The van der Waals surface area contributed by atoms with Crippen LogP contribution in [0.1, 0.15) is 16.1 Å². The number of nitrogens with one attached hydrogen (secondary N) is 1. The van der Waals surface area contributed by atoms with Gasteiger partial charge in [-0.1, -0.05) is 23.7 Å². The first-order chi connectivity index (χ1) is 7.34. The molecule has 0 atom stereocenters. The number of aromatic nitrogens is 1. The molecular weight excluding hydrogens is 228 g/mol. The van der Waals surface area contributed by atoms with Gasteiger partial charge in [0.15, 0.2) is 0 Å². The second-order valence-electron chi connectivity index (χ2n) is 3.53. The summed E-state index contributed by atoms with van der Waals surface area (Å²) >= 11 is 7.84. The highest BCUT2D eigenvalue weighted by atomic mass is 35.5. The molecule has 2 nitrogen and oxygen atoms in total. The van der Waals surface area contributed by atoms with Gasteiger partial charge < -0.3 is 5.32 Å². The lowest BCUT2D eigenvalue weighted by Crippen LogP contribution is -1.97. The molecule has 1 aliphatic heterocycles. The zero-order chi connectivity index (χ0) is 10.3. The summed E-state index contributed by atoms with van der Waals surface area (Å²) in [6.07, 6.45) is 0.877. The Labute approximate surface area is 96.9 Å². The van der Waals surface area contributed by atoms with E-state index in [0.29, 0.717) is 0 Å². The summed E-state index contributed by atoms with van der Waals surface area (Å²) in [5.74, 6) is 0. The van der Waals surface area contributed by atoms with Gasteiger partial charge in [0.25, 0.3) is 0 Å². The van der Waals surface area contributed by atoms with E-state index in [0.717, 1.165) is 23.7 Å². The molecule has 0 unspecified atom stereocenters. The Bertz CT molecular complexity index is 507. The van der Waals surface area contributed by atoms with Crippen LogP contribution in [-0.2, 0) is 13.0 Å². The number of hydrogen-bond donors (Lipinski definition) is 1. The number of anilines is 1. The molecule has 2 heterocycles. The zero-order valence-corrected chi connectivity index (χ0v) is 9.53. The van der Waals surface area contributed by atoms with Crippen LogP contribution in [0.15, 0.2) is 23.7 Å². The maximum Gasteiger partial charge on any atom is 0.0798 e. The predicted molar refractivity (Wildman–Crippen MR) is 63.7 cm³/mol. The summed E-state index contributed by atoms with van der Waals surface area (Å²) in [5.41, 5.74) is 5.37. The molecule has 15 heavy (non-hydrogen) atoms. The second kappa shape index (κ2) is 3.51. The predicted octanol–water partition coefficient (Wildman–Crippen LogP) is 3.31. The largest absolute Gasteiger partial charge is 0.379 e. The van der Waals surface area contributed by atoms with Crippen LogP contribution in [0, 0.1) is 0 Å². The van der Waals surface area contributed by atoms with Gasteiger partial charge in [0, 0.05) is 11.3 Å². The maximum atomic E-state index is 6.15. The van der Waals surface area contributed by atoms with E-state index < -0.39 is 0 Å². The number of para-hydroxylation sites is 1. The van der Waals surface area contributed by atoms with Gasteiger partial charge in [-0.3, -0.25) is 0 Å². The van der Waals surface area contributed by atoms with Gasteiger partial charge in [-0.2, -0.15) is 0 Å². The molecule has 1 N–H and O–H groups in total. The number of halogens is 1. The van der Waals surface area contributed by atoms with Gasteiger partial charge in [-0.25, -0.2) is 4.98 Å². The first-order valence-corrected chi connectivity index (χ1v) is 6.03. The molecule has 0 spiro atoms. The fourth-order valence-electron chi connectivity index (χ4n) is 1.84. The quantitative estimate of drug-likeness (QED) is 0.759. The Hall–Kier alpha value is -1.06. The smallest absolute Gasteiger partial charge is 0.0798 e. The summed E-state index contributed by atoms with van der Waals surface area (Å²) in [6, 6.07) is 6.00. The molecular formula is C11H9ClN2S. The Morgan fingerprint density at radius 3 is 3.27 bits per heavy atom. The highest BCUT2D eigenvalue weighted by Crippen LogP contribution is 2.32. The van der Waals surface area contributed by atoms with Crippen molar-refractivity contribution in [2.75, 3.05) is 5.32 Å². The monoisotopic (exact) mass is 236 g/mol. The van der Waals surface area contributed by atoms with E-state index >= 15 is 0 Å². The lowest BCUT2D eigenvalue weighted by atomic mass is 10.1. The van der Waals surface area contributed by atoms with Crippen LogP contribution >= 0.6 is 22.9 Å². The van der Waals surface area contributed by atoms with Gasteiger partial charge in [-0.05, 0) is 11.6 Å². The second-order valence-corrected chi connectivity index (χ2v) is 4.87. The molecule has 0 saturated carbocycles. The maximum absolute atomic E-state index is 6.15. The molecule has 0 fully saturated rings. The molecule has 2 aromatic rings. The van der Waals surface area contributed by atoms with Crippen molar-refractivity contribution in [2.45, 2.75) is 13.0 Å². The Kier molecular flexibility index (Phi) is 2.15. The Morgan fingerprint density at radius 2 is 2.33 bits per heavy atom. The van der Waals surface area contributed by atoms with Crippen molar-refractivity contribution in [1.82, 2.24) is 4.98 Å². The van der Waals surface area contributed by atoms with Gasteiger partial charge in [0.1, 0.15) is 0 Å². The van der Waals surface area contributed by atoms with Crippen LogP contribution in [0.25, 0.3) is 0 Å². The van der Waals surface area contributed by atoms with Gasteiger partial charge in [0.05, 0.1) is 28.5 Å². The fraction of sp³-hybridized carbons (Fsp3) is 0.182. The van der Waals surface area contributed by atoms with E-state index in [4.69, 9.17) is 11.6 Å². The van der Waals surface area contributed by atoms with Crippen molar-refractivity contribution in [1.29, 1.82) is 0 Å². The summed E-state index contributed by atoms with van der Waals surface area (Å²) in [4.78, 5) is 5.69. The van der Waals surface area contributed by atoms with E-state index in [9.17, 15) is 0 Å². The van der Waals surface area contributed by atoms with Crippen molar-refractivity contribution in [2.24, 2.45) is 0 Å². The molecule has 1 aliphatic rings. The van der Waals surface area contributed by atoms with Gasteiger partial charge >= 0.3 is 0 Å². The van der Waals surface area contributed by atoms with Crippen molar-refractivity contribution in [3.8, 4) is 0 Å². The number of nitrogens with zero attached hydrogens (tertiary/aromatic N) is 1. The minimum atomic E-state index is 0.794. The van der Waals surface area contributed by atoms with Crippen molar-refractivity contribution in [3.63, 3.8) is 0 Å². The number of benzene rings is 1. The first-order valence-electron chi connectivity index (χ1n) is 4.77. The number of rotatable bonds is 0. The number of thiazole rings is 1. The molecule has 0 aliphatic carbocycles. The van der Waals surface area contributed by atoms with E-state index in [1.165, 1.54) is 16.1 Å². The molecule has 3 rings (SSSR count). The topological polar surface area (TPSA) is 24.9 Å². The standard InChI is InChI=1S/C11H9ClN2S/c12-8-3-1-2-7-4-9-10(15-6-14-9)5-13-11(7)8/h1-3,6,13H,4-5H2. The molecule has 0 bridgehead atoms. The summed E-state index contributed by atoms with van der Waals surface area (Å²) in [7, 11) is 0. The molecule has 76 valence electrons. The van der Waals surface area contributed by atoms with Gasteiger partial charge in [0.2, 0.25) is 0 Å². The summed E-state index contributed by atoms with van der Waals surface area (Å²) in [6.45, 7) is 0.830. The van der Waals surface area contributed by atoms with E-state index in [1.54, 1.807) is 11.3 Å². The van der Waals surface area contributed by atoms with Crippen LogP contribution in [0.3, 0.4) is 0 Å². The normalized spacial score (nSPS) is 13.7. The minimum Gasteiger partial charge on any atom is -0.379 e. The Morgan fingerprint density at radius 1 is 1.40 bits per heavy atom. The van der Waals surface area contributed by atoms with E-state index in [1.807, 2.05) is 17.6 Å². The zero-order valence-electron chi connectivity index (χ0n) is 7.96. The highest BCUT2D eigenvalue weighted by Gasteiger charge is 2.16.